The second-order valence-electron chi connectivity index (χ2n) is 4.11. The van der Waals surface area contributed by atoms with Gasteiger partial charge in [0.05, 0.1) is 5.69 Å². The molecule has 2 rings (SSSR count). The van der Waals surface area contributed by atoms with Crippen molar-refractivity contribution in [1.29, 1.82) is 0 Å². The van der Waals surface area contributed by atoms with E-state index in [1.54, 1.807) is 0 Å². The van der Waals surface area contributed by atoms with Gasteiger partial charge in [0.25, 0.3) is 0 Å². The number of rotatable bonds is 2. The fraction of sp³-hybridized carbons (Fsp3) is 0.727. The van der Waals surface area contributed by atoms with E-state index < -0.39 is 0 Å². The van der Waals surface area contributed by atoms with E-state index in [1.165, 1.54) is 32.1 Å². The first-order valence-electron chi connectivity index (χ1n) is 5.59. The van der Waals surface area contributed by atoms with Gasteiger partial charge in [-0.25, -0.2) is 0 Å². The van der Waals surface area contributed by atoms with Gasteiger partial charge in [0.15, 0.2) is 0 Å². The van der Waals surface area contributed by atoms with Crippen LogP contribution in [-0.4, -0.2) is 15.1 Å². The quantitative estimate of drug-likeness (QED) is 0.760. The van der Waals surface area contributed by atoms with Crippen LogP contribution >= 0.6 is 0 Å². The highest BCUT2D eigenvalue weighted by atomic mass is 16.3. The number of H-pyrrole nitrogens is 1. The molecule has 0 aromatic carbocycles. The second kappa shape index (κ2) is 4.03. The summed E-state index contributed by atoms with van der Waals surface area (Å²) >= 11 is 0. The minimum Gasteiger partial charge on any atom is -0.492 e. The standard InChI is InChI=1S/C11H18N2O/c1-2-9-11(14)13-10(12-9)8-6-4-3-5-7-8/h8,14H,2-7H2,1H3,(H,12,13). The molecular formula is C11H18N2O. The summed E-state index contributed by atoms with van der Waals surface area (Å²) in [5.41, 5.74) is 0.880. The summed E-state index contributed by atoms with van der Waals surface area (Å²) in [5, 5.41) is 9.52. The Balaban J connectivity index is 2.14. The summed E-state index contributed by atoms with van der Waals surface area (Å²) in [6, 6.07) is 0. The molecule has 0 atom stereocenters. The van der Waals surface area contributed by atoms with Crippen LogP contribution in [0.5, 0.6) is 5.88 Å². The normalized spacial score (nSPS) is 18.6. The molecule has 78 valence electrons. The first-order valence-corrected chi connectivity index (χ1v) is 5.59. The average molecular weight is 194 g/mol. The van der Waals surface area contributed by atoms with Crippen LogP contribution in [0, 0.1) is 0 Å². The highest BCUT2D eigenvalue weighted by molar-refractivity contribution is 5.21. The summed E-state index contributed by atoms with van der Waals surface area (Å²) in [7, 11) is 0. The van der Waals surface area contributed by atoms with E-state index >= 15 is 0 Å². The molecule has 0 unspecified atom stereocenters. The Morgan fingerprint density at radius 3 is 2.64 bits per heavy atom. The summed E-state index contributed by atoms with van der Waals surface area (Å²) in [5.74, 6) is 1.75. The molecule has 1 aliphatic carbocycles. The topological polar surface area (TPSA) is 48.9 Å². The zero-order chi connectivity index (χ0) is 9.97. The van der Waals surface area contributed by atoms with Crippen molar-refractivity contribution in [2.75, 3.05) is 0 Å². The Kier molecular flexibility index (Phi) is 2.75. The number of nitrogens with zero attached hydrogens (tertiary/aromatic N) is 1. The predicted octanol–water partition coefficient (Wildman–Crippen LogP) is 2.73. The van der Waals surface area contributed by atoms with Crippen molar-refractivity contribution < 1.29 is 5.11 Å². The molecule has 3 heteroatoms. The maximum absolute atomic E-state index is 9.52. The van der Waals surface area contributed by atoms with E-state index in [-0.39, 0.29) is 5.88 Å². The first-order chi connectivity index (χ1) is 6.81. The van der Waals surface area contributed by atoms with Crippen molar-refractivity contribution >= 4 is 0 Å². The monoisotopic (exact) mass is 194 g/mol. The summed E-state index contributed by atoms with van der Waals surface area (Å²) in [6.45, 7) is 2.03. The van der Waals surface area contributed by atoms with Crippen LogP contribution in [0.15, 0.2) is 0 Å². The SMILES string of the molecule is CCc1[nH]c(C2CCCCC2)nc1O. The Labute approximate surface area is 84.6 Å². The molecule has 0 bridgehead atoms. The van der Waals surface area contributed by atoms with E-state index in [9.17, 15) is 5.11 Å². The first kappa shape index (κ1) is 9.56. The third-order valence-corrected chi connectivity index (χ3v) is 3.12. The van der Waals surface area contributed by atoms with Crippen molar-refractivity contribution in [2.24, 2.45) is 0 Å². The Bertz CT molecular complexity index is 300. The summed E-state index contributed by atoms with van der Waals surface area (Å²) in [6.07, 6.45) is 7.21. The van der Waals surface area contributed by atoms with Crippen LogP contribution in [0.4, 0.5) is 0 Å². The highest BCUT2D eigenvalue weighted by Crippen LogP contribution is 2.32. The van der Waals surface area contributed by atoms with Crippen molar-refractivity contribution in [3.63, 3.8) is 0 Å². The number of aromatic nitrogens is 2. The molecular weight excluding hydrogens is 176 g/mol. The van der Waals surface area contributed by atoms with E-state index in [2.05, 4.69) is 9.97 Å². The van der Waals surface area contributed by atoms with E-state index in [0.717, 1.165) is 17.9 Å². The minimum absolute atomic E-state index is 0.202. The average Bonchev–Trinajstić information content (AvgIpc) is 2.61. The maximum atomic E-state index is 9.52. The minimum atomic E-state index is 0.202. The molecule has 1 heterocycles. The third-order valence-electron chi connectivity index (χ3n) is 3.12. The zero-order valence-electron chi connectivity index (χ0n) is 8.71. The van der Waals surface area contributed by atoms with Crippen LogP contribution in [0.2, 0.25) is 0 Å². The number of aryl methyl sites for hydroxylation is 1. The molecule has 1 saturated carbocycles. The number of nitrogens with one attached hydrogen (secondary N) is 1. The van der Waals surface area contributed by atoms with Gasteiger partial charge in [-0.1, -0.05) is 26.2 Å². The van der Waals surface area contributed by atoms with Crippen molar-refractivity contribution in [3.8, 4) is 5.88 Å². The van der Waals surface area contributed by atoms with Crippen molar-refractivity contribution in [2.45, 2.75) is 51.4 Å². The number of hydrogen-bond acceptors (Lipinski definition) is 2. The van der Waals surface area contributed by atoms with Crippen LogP contribution in [-0.2, 0) is 6.42 Å². The van der Waals surface area contributed by atoms with Crippen LogP contribution in [0.3, 0.4) is 0 Å². The lowest BCUT2D eigenvalue weighted by molar-refractivity contribution is 0.422. The predicted molar refractivity (Wildman–Crippen MR) is 55.5 cm³/mol. The van der Waals surface area contributed by atoms with Crippen molar-refractivity contribution in [3.05, 3.63) is 11.5 Å². The molecule has 0 spiro atoms. The lowest BCUT2D eigenvalue weighted by Gasteiger charge is -2.18. The molecule has 14 heavy (non-hydrogen) atoms. The van der Waals surface area contributed by atoms with Gasteiger partial charge in [0.2, 0.25) is 5.88 Å². The smallest absolute Gasteiger partial charge is 0.232 e. The van der Waals surface area contributed by atoms with Gasteiger partial charge in [-0.05, 0) is 19.3 Å². The maximum Gasteiger partial charge on any atom is 0.232 e. The van der Waals surface area contributed by atoms with Crippen molar-refractivity contribution in [1.82, 2.24) is 9.97 Å². The number of imidazole rings is 1. The van der Waals surface area contributed by atoms with Gasteiger partial charge in [0, 0.05) is 5.92 Å². The molecule has 0 aliphatic heterocycles. The van der Waals surface area contributed by atoms with Gasteiger partial charge in [-0.15, -0.1) is 0 Å². The molecule has 3 nitrogen and oxygen atoms in total. The molecule has 1 aromatic rings. The van der Waals surface area contributed by atoms with Crippen LogP contribution in [0.1, 0.15) is 56.5 Å². The van der Waals surface area contributed by atoms with Crippen LogP contribution < -0.4 is 0 Å². The fourth-order valence-electron chi connectivity index (χ4n) is 2.24. The van der Waals surface area contributed by atoms with Gasteiger partial charge in [-0.2, -0.15) is 4.98 Å². The van der Waals surface area contributed by atoms with E-state index in [0.29, 0.717) is 5.92 Å². The lowest BCUT2D eigenvalue weighted by Crippen LogP contribution is -2.06. The zero-order valence-corrected chi connectivity index (χ0v) is 8.71. The highest BCUT2D eigenvalue weighted by Gasteiger charge is 2.19. The fourth-order valence-corrected chi connectivity index (χ4v) is 2.24. The van der Waals surface area contributed by atoms with Gasteiger partial charge < -0.3 is 10.1 Å². The largest absolute Gasteiger partial charge is 0.492 e. The molecule has 1 fully saturated rings. The summed E-state index contributed by atoms with van der Waals surface area (Å²) < 4.78 is 0. The number of aromatic amines is 1. The molecule has 1 aromatic heterocycles. The molecule has 0 amide bonds. The van der Waals surface area contributed by atoms with E-state index in [4.69, 9.17) is 0 Å². The lowest BCUT2D eigenvalue weighted by atomic mass is 9.89. The van der Waals surface area contributed by atoms with Gasteiger partial charge >= 0.3 is 0 Å². The Morgan fingerprint density at radius 2 is 2.07 bits per heavy atom. The van der Waals surface area contributed by atoms with Gasteiger partial charge in [0.1, 0.15) is 5.82 Å². The van der Waals surface area contributed by atoms with Gasteiger partial charge in [-0.3, -0.25) is 0 Å². The van der Waals surface area contributed by atoms with Crippen LogP contribution in [0.25, 0.3) is 0 Å². The molecule has 1 aliphatic rings. The second-order valence-corrected chi connectivity index (χ2v) is 4.11. The molecule has 0 saturated heterocycles. The number of hydrogen-bond donors (Lipinski definition) is 2. The number of aromatic hydroxyl groups is 1. The third kappa shape index (κ3) is 1.76. The Hall–Kier alpha value is -0.990. The van der Waals surface area contributed by atoms with E-state index in [1.807, 2.05) is 6.92 Å². The molecule has 0 radical (unpaired) electrons. The Morgan fingerprint density at radius 1 is 1.36 bits per heavy atom. The molecule has 2 N–H and O–H groups in total. The summed E-state index contributed by atoms with van der Waals surface area (Å²) in [4.78, 5) is 7.44.